The van der Waals surface area contributed by atoms with Gasteiger partial charge in [-0.3, -0.25) is 0 Å². The molecule has 4 nitrogen and oxygen atoms in total. The van der Waals surface area contributed by atoms with Crippen molar-refractivity contribution in [1.29, 1.82) is 0 Å². The summed E-state index contributed by atoms with van der Waals surface area (Å²) >= 11 is 0. The zero-order chi connectivity index (χ0) is 24.2. The molecule has 36 heavy (non-hydrogen) atoms. The Labute approximate surface area is 209 Å². The van der Waals surface area contributed by atoms with Crippen LogP contribution in [0.15, 0.2) is 113 Å². The van der Waals surface area contributed by atoms with E-state index in [4.69, 9.17) is 4.42 Å². The van der Waals surface area contributed by atoms with E-state index in [0.29, 0.717) is 11.1 Å². The Morgan fingerprint density at radius 1 is 0.833 bits per heavy atom. The fourth-order valence-corrected chi connectivity index (χ4v) is 6.31. The highest BCUT2D eigenvalue weighted by molar-refractivity contribution is 5.86. The maximum absolute atomic E-state index is 13.4. The van der Waals surface area contributed by atoms with Gasteiger partial charge < -0.3 is 4.42 Å². The lowest BCUT2D eigenvalue weighted by molar-refractivity contribution is -0.720. The summed E-state index contributed by atoms with van der Waals surface area (Å²) in [6.45, 7) is 4.53. The molecule has 0 amide bonds. The molecule has 3 aromatic heterocycles. The minimum atomic E-state index is -0.294. The fourth-order valence-electron chi connectivity index (χ4n) is 6.31. The van der Waals surface area contributed by atoms with Crippen molar-refractivity contribution in [2.75, 3.05) is 0 Å². The average molecular weight is 471 g/mol. The Bertz CT molecular complexity index is 1730. The van der Waals surface area contributed by atoms with E-state index in [1.807, 2.05) is 42.6 Å². The summed E-state index contributed by atoms with van der Waals surface area (Å²) in [6, 6.07) is 29.3. The number of fused-ring (bicyclic) bond motifs is 11. The second kappa shape index (κ2) is 8.13. The van der Waals surface area contributed by atoms with Gasteiger partial charge >= 0.3 is 5.63 Å². The van der Waals surface area contributed by atoms with E-state index in [1.165, 1.54) is 16.8 Å². The maximum atomic E-state index is 13.4. The van der Waals surface area contributed by atoms with Gasteiger partial charge in [-0.1, -0.05) is 36.4 Å². The maximum Gasteiger partial charge on any atom is 0.350 e. The summed E-state index contributed by atoms with van der Waals surface area (Å²) in [5.41, 5.74) is 7.73. The van der Waals surface area contributed by atoms with Gasteiger partial charge in [-0.2, -0.15) is 9.13 Å². The normalized spacial score (nSPS) is 18.4. The molecule has 5 aromatic rings. The number of hydrogen-bond donors (Lipinski definition) is 0. The molecule has 0 radical (unpaired) electrons. The highest BCUT2D eigenvalue weighted by atomic mass is 16.4. The lowest BCUT2D eigenvalue weighted by Crippen LogP contribution is -2.49. The predicted molar refractivity (Wildman–Crippen MR) is 140 cm³/mol. The van der Waals surface area contributed by atoms with E-state index in [2.05, 4.69) is 70.4 Å². The molecule has 5 heterocycles. The van der Waals surface area contributed by atoms with Gasteiger partial charge in [0.25, 0.3) is 0 Å². The smallest absolute Gasteiger partial charge is 0.350 e. The number of allylic oxidation sites excluding steroid dienone is 1. The quantitative estimate of drug-likeness (QED) is 0.210. The van der Waals surface area contributed by atoms with Gasteiger partial charge in [0.2, 0.25) is 11.4 Å². The largest absolute Gasteiger partial charge is 0.422 e. The zero-order valence-electron chi connectivity index (χ0n) is 19.9. The van der Waals surface area contributed by atoms with E-state index in [1.54, 1.807) is 0 Å². The first kappa shape index (κ1) is 21.0. The molecule has 0 N–H and O–H groups in total. The van der Waals surface area contributed by atoms with Gasteiger partial charge in [-0.25, -0.2) is 4.79 Å². The van der Waals surface area contributed by atoms with Crippen molar-refractivity contribution >= 4 is 16.7 Å². The Morgan fingerprint density at radius 3 is 2.50 bits per heavy atom. The molecule has 0 saturated carbocycles. The number of benzene rings is 2. The number of rotatable bonds is 0. The Balaban J connectivity index is 1.51. The topological polar surface area (TPSA) is 38.0 Å². The van der Waals surface area contributed by atoms with E-state index >= 15 is 0 Å². The molecule has 0 bridgehead atoms. The molecule has 2 unspecified atom stereocenters. The van der Waals surface area contributed by atoms with E-state index in [-0.39, 0.29) is 17.6 Å². The predicted octanol–water partition coefficient (Wildman–Crippen LogP) is 5.85. The first-order valence-electron chi connectivity index (χ1n) is 12.5. The minimum Gasteiger partial charge on any atom is -0.422 e. The van der Waals surface area contributed by atoms with Crippen LogP contribution in [0.5, 0.6) is 0 Å². The number of pyridine rings is 2. The van der Waals surface area contributed by atoms with Gasteiger partial charge in [-0.15, -0.1) is 0 Å². The third kappa shape index (κ3) is 3.11. The molecular weight excluding hydrogens is 444 g/mol. The SMILES string of the molecule is C=C1CC2C(CCc3c(c(=O)oc4ccccc34)-c3cccc[n+]31)c1ccccc1-c1cccc[n+]12. The Morgan fingerprint density at radius 2 is 1.58 bits per heavy atom. The summed E-state index contributed by atoms with van der Waals surface area (Å²) < 4.78 is 10.3. The van der Waals surface area contributed by atoms with Crippen molar-refractivity contribution in [3.8, 4) is 22.5 Å². The number of aryl methyl sites for hydroxylation is 1. The van der Waals surface area contributed by atoms with Crippen LogP contribution in [-0.4, -0.2) is 0 Å². The number of hydrogen-bond acceptors (Lipinski definition) is 2. The van der Waals surface area contributed by atoms with E-state index in [9.17, 15) is 4.79 Å². The van der Waals surface area contributed by atoms with Crippen LogP contribution < -0.4 is 14.8 Å². The zero-order valence-corrected chi connectivity index (χ0v) is 19.9. The van der Waals surface area contributed by atoms with Crippen LogP contribution in [0.1, 0.15) is 35.9 Å². The summed E-state index contributed by atoms with van der Waals surface area (Å²) in [5.74, 6) is 0.280. The molecular formula is C32H26N2O2+2. The average Bonchev–Trinajstić information content (AvgIpc) is 2.92. The van der Waals surface area contributed by atoms with Crippen molar-refractivity contribution in [2.45, 2.75) is 31.2 Å². The Hall–Kier alpha value is -4.31. The van der Waals surface area contributed by atoms with Gasteiger partial charge in [0.05, 0.1) is 6.42 Å². The van der Waals surface area contributed by atoms with Crippen molar-refractivity contribution in [2.24, 2.45) is 0 Å². The lowest BCUT2D eigenvalue weighted by Gasteiger charge is -2.31. The van der Waals surface area contributed by atoms with Gasteiger partial charge in [-0.05, 0) is 54.8 Å². The molecule has 4 heteroatoms. The summed E-state index contributed by atoms with van der Waals surface area (Å²) in [6.07, 6.45) is 6.69. The van der Waals surface area contributed by atoms with Crippen LogP contribution in [0.3, 0.4) is 0 Å². The monoisotopic (exact) mass is 470 g/mol. The van der Waals surface area contributed by atoms with Crippen LogP contribution in [0.4, 0.5) is 0 Å². The molecule has 2 aliphatic rings. The molecule has 7 rings (SSSR count). The van der Waals surface area contributed by atoms with E-state index < -0.39 is 0 Å². The third-order valence-electron chi connectivity index (χ3n) is 7.88. The third-order valence-corrected chi connectivity index (χ3v) is 7.88. The summed E-state index contributed by atoms with van der Waals surface area (Å²) in [5, 5.41) is 1.00. The molecule has 0 spiro atoms. The number of aromatic nitrogens is 2. The highest BCUT2D eigenvalue weighted by Gasteiger charge is 2.42. The molecule has 0 aliphatic carbocycles. The van der Waals surface area contributed by atoms with Gasteiger partial charge in [0.1, 0.15) is 11.1 Å². The van der Waals surface area contributed by atoms with Crippen molar-refractivity contribution in [1.82, 2.24) is 0 Å². The van der Waals surface area contributed by atoms with Crippen molar-refractivity contribution in [3.63, 3.8) is 0 Å². The van der Waals surface area contributed by atoms with Gasteiger partial charge in [0, 0.05) is 41.1 Å². The minimum absolute atomic E-state index is 0.220. The number of para-hydroxylation sites is 1. The number of nitrogens with zero attached hydrogens (tertiary/aromatic N) is 2. The van der Waals surface area contributed by atoms with Crippen molar-refractivity contribution < 1.29 is 13.6 Å². The fraction of sp³-hybridized carbons (Fsp3) is 0.156. The molecule has 2 aliphatic heterocycles. The van der Waals surface area contributed by atoms with Crippen LogP contribution in [0.2, 0.25) is 0 Å². The molecule has 2 aromatic carbocycles. The summed E-state index contributed by atoms with van der Waals surface area (Å²) in [7, 11) is 0. The highest BCUT2D eigenvalue weighted by Crippen LogP contribution is 2.44. The van der Waals surface area contributed by atoms with Crippen molar-refractivity contribution in [3.05, 3.63) is 125 Å². The first-order valence-corrected chi connectivity index (χ1v) is 12.5. The van der Waals surface area contributed by atoms with Crippen LogP contribution in [-0.2, 0) is 6.42 Å². The molecule has 2 atom stereocenters. The second-order valence-electron chi connectivity index (χ2n) is 9.76. The van der Waals surface area contributed by atoms with Crippen LogP contribution >= 0.6 is 0 Å². The molecule has 174 valence electrons. The first-order chi connectivity index (χ1) is 17.7. The lowest BCUT2D eigenvalue weighted by atomic mass is 9.77. The molecule has 0 fully saturated rings. The molecule has 0 saturated heterocycles. The van der Waals surface area contributed by atoms with Crippen LogP contribution in [0.25, 0.3) is 39.2 Å². The Kier molecular flexibility index (Phi) is 4.74. The van der Waals surface area contributed by atoms with E-state index in [0.717, 1.165) is 41.6 Å². The van der Waals surface area contributed by atoms with Crippen LogP contribution in [0, 0.1) is 0 Å². The standard InChI is InChI=1S/C32H26N2O2/c1-21-20-29-24(22-10-2-3-11-23(22)27-13-6-9-19-34(27)29)16-17-26-25-12-4-5-15-30(25)36-32(35)31(26)28-14-7-8-18-33(21)28/h2-15,18-19,24,29H,1,16-17,20H2/q+2. The van der Waals surface area contributed by atoms with Gasteiger partial charge in [0.15, 0.2) is 24.1 Å². The second-order valence-corrected chi connectivity index (χ2v) is 9.76. The summed E-state index contributed by atoms with van der Waals surface area (Å²) in [4.78, 5) is 13.4.